The minimum absolute atomic E-state index is 0.112. The van der Waals surface area contributed by atoms with E-state index in [9.17, 15) is 13.6 Å². The van der Waals surface area contributed by atoms with E-state index in [1.807, 2.05) is 0 Å². The molecule has 0 saturated heterocycles. The van der Waals surface area contributed by atoms with E-state index >= 15 is 0 Å². The van der Waals surface area contributed by atoms with Crippen LogP contribution in [0.5, 0.6) is 0 Å². The number of nitrogens with zero attached hydrogens (tertiary/aromatic N) is 1. The highest BCUT2D eigenvalue weighted by atomic mass is 19.1. The predicted octanol–water partition coefficient (Wildman–Crippen LogP) is 2.33. The molecule has 0 atom stereocenters. The predicted molar refractivity (Wildman–Crippen MR) is 71.3 cm³/mol. The number of amides is 1. The lowest BCUT2D eigenvalue weighted by atomic mass is 10.2. The molecule has 1 amide bonds. The molecule has 1 aromatic carbocycles. The van der Waals surface area contributed by atoms with E-state index in [0.29, 0.717) is 5.69 Å². The molecule has 104 valence electrons. The van der Waals surface area contributed by atoms with E-state index in [1.54, 1.807) is 6.07 Å². The number of nitrogens with one attached hydrogen (secondary N) is 2. The monoisotopic (exact) mass is 277 g/mol. The van der Waals surface area contributed by atoms with Crippen LogP contribution in [0.3, 0.4) is 0 Å². The molecule has 2 N–H and O–H groups in total. The molecule has 0 unspecified atom stereocenters. The van der Waals surface area contributed by atoms with Crippen LogP contribution < -0.4 is 10.6 Å². The van der Waals surface area contributed by atoms with Crippen molar-refractivity contribution in [3.63, 3.8) is 0 Å². The Labute approximate surface area is 114 Å². The molecule has 0 aliphatic carbocycles. The molecular formula is C14H13F2N3O. The van der Waals surface area contributed by atoms with Gasteiger partial charge >= 0.3 is 0 Å². The van der Waals surface area contributed by atoms with Crippen LogP contribution >= 0.6 is 0 Å². The van der Waals surface area contributed by atoms with Crippen LogP contribution in [0.15, 0.2) is 36.5 Å². The third-order valence-electron chi connectivity index (χ3n) is 2.71. The van der Waals surface area contributed by atoms with Crippen LogP contribution in [0.25, 0.3) is 0 Å². The first kappa shape index (κ1) is 13.9. The summed E-state index contributed by atoms with van der Waals surface area (Å²) < 4.78 is 26.5. The van der Waals surface area contributed by atoms with Gasteiger partial charge in [-0.2, -0.15) is 0 Å². The molecule has 6 heteroatoms. The molecule has 0 spiro atoms. The zero-order chi connectivity index (χ0) is 14.5. The third kappa shape index (κ3) is 3.28. The van der Waals surface area contributed by atoms with Crippen molar-refractivity contribution in [2.75, 3.05) is 12.4 Å². The summed E-state index contributed by atoms with van der Waals surface area (Å²) in [5.41, 5.74) is 1.06. The minimum Gasteiger partial charge on any atom is -0.381 e. The highest BCUT2D eigenvalue weighted by Crippen LogP contribution is 2.13. The van der Waals surface area contributed by atoms with Crippen LogP contribution in [0, 0.1) is 11.6 Å². The highest BCUT2D eigenvalue weighted by Gasteiger charge is 2.07. The Morgan fingerprint density at radius 3 is 2.80 bits per heavy atom. The summed E-state index contributed by atoms with van der Waals surface area (Å²) in [7, 11) is 1.51. The van der Waals surface area contributed by atoms with Gasteiger partial charge in [0, 0.05) is 31.0 Å². The first-order valence-corrected chi connectivity index (χ1v) is 5.96. The molecule has 0 saturated carbocycles. The maximum atomic E-state index is 13.5. The fourth-order valence-electron chi connectivity index (χ4n) is 1.67. The normalized spacial score (nSPS) is 10.2. The van der Waals surface area contributed by atoms with E-state index in [1.165, 1.54) is 19.3 Å². The lowest BCUT2D eigenvalue weighted by Crippen LogP contribution is -2.19. The average molecular weight is 277 g/mol. The summed E-state index contributed by atoms with van der Waals surface area (Å²) in [6.07, 6.45) is 1.47. The van der Waals surface area contributed by atoms with Gasteiger partial charge in [-0.1, -0.05) is 0 Å². The zero-order valence-corrected chi connectivity index (χ0v) is 10.8. The van der Waals surface area contributed by atoms with Gasteiger partial charge in [0.05, 0.1) is 0 Å². The number of aromatic nitrogens is 1. The smallest absolute Gasteiger partial charge is 0.269 e. The zero-order valence-electron chi connectivity index (χ0n) is 10.8. The van der Waals surface area contributed by atoms with Gasteiger partial charge in [-0.3, -0.25) is 9.78 Å². The number of hydrogen-bond acceptors (Lipinski definition) is 3. The summed E-state index contributed by atoms with van der Waals surface area (Å²) in [6.45, 7) is 0.112. The number of hydrogen-bond donors (Lipinski definition) is 2. The first-order valence-electron chi connectivity index (χ1n) is 5.96. The molecule has 2 aromatic rings. The molecule has 0 fully saturated rings. The Morgan fingerprint density at radius 2 is 2.05 bits per heavy atom. The first-order chi connectivity index (χ1) is 9.60. The second kappa shape index (κ2) is 6.10. The average Bonchev–Trinajstić information content (AvgIpc) is 2.47. The number of anilines is 1. The van der Waals surface area contributed by atoms with Gasteiger partial charge in [-0.05, 0) is 30.3 Å². The molecule has 2 rings (SSSR count). The Kier molecular flexibility index (Phi) is 4.24. The summed E-state index contributed by atoms with van der Waals surface area (Å²) in [5, 5.41) is 5.38. The van der Waals surface area contributed by atoms with Crippen molar-refractivity contribution in [2.24, 2.45) is 0 Å². The fraction of sp³-hybridized carbons (Fsp3) is 0.143. The van der Waals surface area contributed by atoms with Gasteiger partial charge in [0.15, 0.2) is 0 Å². The van der Waals surface area contributed by atoms with Gasteiger partial charge in [0.1, 0.15) is 17.3 Å². The quantitative estimate of drug-likeness (QED) is 0.902. The number of carbonyl (C=O) groups is 1. The molecule has 0 aliphatic rings. The largest absolute Gasteiger partial charge is 0.381 e. The second-order valence-corrected chi connectivity index (χ2v) is 4.10. The van der Waals surface area contributed by atoms with Crippen molar-refractivity contribution in [3.8, 4) is 0 Å². The van der Waals surface area contributed by atoms with E-state index in [-0.39, 0.29) is 23.7 Å². The Balaban J connectivity index is 2.11. The van der Waals surface area contributed by atoms with E-state index in [2.05, 4.69) is 15.6 Å². The molecule has 0 radical (unpaired) electrons. The standard InChI is InChI=1S/C14H13F2N3O/c1-17-14(20)13-7-11(4-5-18-13)19-8-9-6-10(15)2-3-12(9)16/h2-7H,8H2,1H3,(H,17,20)(H,18,19). The van der Waals surface area contributed by atoms with E-state index in [4.69, 9.17) is 0 Å². The number of benzene rings is 1. The molecule has 0 bridgehead atoms. The minimum atomic E-state index is -0.496. The number of halogens is 2. The number of pyridine rings is 1. The van der Waals surface area contributed by atoms with Crippen molar-refractivity contribution < 1.29 is 13.6 Å². The van der Waals surface area contributed by atoms with Crippen LogP contribution in [-0.2, 0) is 6.54 Å². The lowest BCUT2D eigenvalue weighted by Gasteiger charge is -2.08. The van der Waals surface area contributed by atoms with Crippen molar-refractivity contribution >= 4 is 11.6 Å². The van der Waals surface area contributed by atoms with Crippen molar-refractivity contribution in [1.82, 2.24) is 10.3 Å². The van der Waals surface area contributed by atoms with Crippen LogP contribution in [0.4, 0.5) is 14.5 Å². The summed E-state index contributed by atoms with van der Waals surface area (Å²) in [4.78, 5) is 15.3. The molecule has 4 nitrogen and oxygen atoms in total. The molecule has 0 aliphatic heterocycles. The summed E-state index contributed by atoms with van der Waals surface area (Å²) in [5.74, 6) is -1.30. The third-order valence-corrected chi connectivity index (χ3v) is 2.71. The van der Waals surface area contributed by atoms with Gasteiger partial charge < -0.3 is 10.6 Å². The summed E-state index contributed by atoms with van der Waals surface area (Å²) in [6, 6.07) is 6.45. The SMILES string of the molecule is CNC(=O)c1cc(NCc2cc(F)ccc2F)ccn1. The van der Waals surface area contributed by atoms with E-state index in [0.717, 1.165) is 18.2 Å². The number of rotatable bonds is 4. The molecule has 1 heterocycles. The van der Waals surface area contributed by atoms with Gasteiger partial charge in [-0.15, -0.1) is 0 Å². The van der Waals surface area contributed by atoms with Crippen LogP contribution in [0.1, 0.15) is 16.1 Å². The molecular weight excluding hydrogens is 264 g/mol. The van der Waals surface area contributed by atoms with E-state index < -0.39 is 11.6 Å². The lowest BCUT2D eigenvalue weighted by molar-refractivity contribution is 0.0958. The van der Waals surface area contributed by atoms with Crippen molar-refractivity contribution in [2.45, 2.75) is 6.54 Å². The van der Waals surface area contributed by atoms with Crippen molar-refractivity contribution in [3.05, 3.63) is 59.4 Å². The van der Waals surface area contributed by atoms with Crippen LogP contribution in [-0.4, -0.2) is 17.9 Å². The van der Waals surface area contributed by atoms with Gasteiger partial charge in [-0.25, -0.2) is 8.78 Å². The Morgan fingerprint density at radius 1 is 1.25 bits per heavy atom. The Bertz CT molecular complexity index is 632. The number of carbonyl (C=O) groups excluding carboxylic acids is 1. The van der Waals surface area contributed by atoms with Crippen LogP contribution in [0.2, 0.25) is 0 Å². The molecule has 1 aromatic heterocycles. The van der Waals surface area contributed by atoms with Crippen molar-refractivity contribution in [1.29, 1.82) is 0 Å². The summed E-state index contributed by atoms with van der Waals surface area (Å²) >= 11 is 0. The Hall–Kier alpha value is -2.50. The van der Waals surface area contributed by atoms with Gasteiger partial charge in [0.2, 0.25) is 0 Å². The fourth-order valence-corrected chi connectivity index (χ4v) is 1.67. The van der Waals surface area contributed by atoms with Gasteiger partial charge in [0.25, 0.3) is 5.91 Å². The maximum absolute atomic E-state index is 13.5. The molecule has 20 heavy (non-hydrogen) atoms. The topological polar surface area (TPSA) is 54.0 Å². The highest BCUT2D eigenvalue weighted by molar-refractivity contribution is 5.92. The maximum Gasteiger partial charge on any atom is 0.269 e. The second-order valence-electron chi connectivity index (χ2n) is 4.10.